The van der Waals surface area contributed by atoms with Crippen LogP contribution >= 0.6 is 23.2 Å². The van der Waals surface area contributed by atoms with Crippen LogP contribution in [0.4, 0.5) is 11.5 Å². The van der Waals surface area contributed by atoms with Gasteiger partial charge in [0, 0.05) is 5.92 Å². The van der Waals surface area contributed by atoms with Crippen molar-refractivity contribution in [1.82, 2.24) is 9.97 Å². The fraction of sp³-hybridized carbons (Fsp3) is 0.583. The molecule has 1 aliphatic carbocycles. The number of hydrogen-bond donors (Lipinski definition) is 1. The van der Waals surface area contributed by atoms with E-state index in [1.807, 2.05) is 6.92 Å². The van der Waals surface area contributed by atoms with Gasteiger partial charge in [0.05, 0.1) is 6.61 Å². The van der Waals surface area contributed by atoms with Crippen LogP contribution in [0.5, 0.6) is 0 Å². The van der Waals surface area contributed by atoms with Crippen molar-refractivity contribution in [2.45, 2.75) is 32.6 Å². The van der Waals surface area contributed by atoms with Crippen molar-refractivity contribution in [2.24, 2.45) is 10.9 Å². The van der Waals surface area contributed by atoms with Gasteiger partial charge in [0.2, 0.25) is 5.28 Å². The van der Waals surface area contributed by atoms with Crippen molar-refractivity contribution in [3.05, 3.63) is 10.4 Å². The maximum Gasteiger partial charge on any atom is 0.225 e. The number of aliphatic imine (C=N–C) groups is 1. The molecule has 1 aromatic rings. The first-order valence-corrected chi connectivity index (χ1v) is 7.07. The topological polar surface area (TPSA) is 73.4 Å². The minimum atomic E-state index is 0.0141. The summed E-state index contributed by atoms with van der Waals surface area (Å²) in [5.41, 5.74) is 6.12. The van der Waals surface area contributed by atoms with Crippen LogP contribution in [0.2, 0.25) is 10.4 Å². The van der Waals surface area contributed by atoms with Crippen molar-refractivity contribution < 1.29 is 4.74 Å². The average molecular weight is 303 g/mol. The van der Waals surface area contributed by atoms with Crippen LogP contribution in [0.3, 0.4) is 0 Å². The van der Waals surface area contributed by atoms with Crippen LogP contribution in [0.25, 0.3) is 0 Å². The molecule has 0 spiro atoms. The Bertz CT molecular complexity index is 464. The van der Waals surface area contributed by atoms with E-state index in [0.29, 0.717) is 24.1 Å². The summed E-state index contributed by atoms with van der Waals surface area (Å²) in [5.74, 6) is 1.16. The molecule has 0 aliphatic heterocycles. The van der Waals surface area contributed by atoms with Crippen molar-refractivity contribution in [3.8, 4) is 0 Å². The molecule has 1 aliphatic rings. The van der Waals surface area contributed by atoms with Gasteiger partial charge in [-0.15, -0.1) is 0 Å². The first-order valence-electron chi connectivity index (χ1n) is 6.31. The van der Waals surface area contributed by atoms with E-state index in [4.69, 9.17) is 33.7 Å². The van der Waals surface area contributed by atoms with Crippen LogP contribution in [-0.4, -0.2) is 22.5 Å². The zero-order chi connectivity index (χ0) is 13.8. The van der Waals surface area contributed by atoms with Crippen LogP contribution in [0.15, 0.2) is 4.99 Å². The zero-order valence-electron chi connectivity index (χ0n) is 10.7. The lowest BCUT2D eigenvalue weighted by Crippen LogP contribution is -2.15. The van der Waals surface area contributed by atoms with Gasteiger partial charge in [-0.05, 0) is 31.4 Å². The fourth-order valence-corrected chi connectivity index (χ4v) is 2.63. The lowest BCUT2D eigenvalue weighted by molar-refractivity contribution is 0.300. The number of anilines is 1. The lowest BCUT2D eigenvalue weighted by atomic mass is 10.1. The molecule has 7 heteroatoms. The Balaban J connectivity index is 2.35. The Morgan fingerprint density at radius 3 is 2.63 bits per heavy atom. The Labute approximate surface area is 122 Å². The first-order chi connectivity index (χ1) is 9.11. The minimum Gasteiger partial charge on any atom is -0.481 e. The van der Waals surface area contributed by atoms with Crippen LogP contribution in [-0.2, 0) is 4.74 Å². The molecule has 1 heterocycles. The van der Waals surface area contributed by atoms with Gasteiger partial charge in [-0.2, -0.15) is 4.98 Å². The molecule has 0 bridgehead atoms. The van der Waals surface area contributed by atoms with E-state index in [-0.39, 0.29) is 16.3 Å². The lowest BCUT2D eigenvalue weighted by Gasteiger charge is -2.14. The molecular weight excluding hydrogens is 287 g/mol. The van der Waals surface area contributed by atoms with Gasteiger partial charge in [0.1, 0.15) is 5.69 Å². The third-order valence-corrected chi connectivity index (χ3v) is 3.49. The zero-order valence-corrected chi connectivity index (χ0v) is 12.2. The highest BCUT2D eigenvalue weighted by Crippen LogP contribution is 2.33. The third-order valence-electron chi connectivity index (χ3n) is 3.06. The minimum absolute atomic E-state index is 0.0141. The highest BCUT2D eigenvalue weighted by atomic mass is 35.5. The third kappa shape index (κ3) is 3.48. The number of rotatable bonds is 3. The summed E-state index contributed by atoms with van der Waals surface area (Å²) >= 11 is 11.7. The highest BCUT2D eigenvalue weighted by Gasteiger charge is 2.23. The summed E-state index contributed by atoms with van der Waals surface area (Å²) in [4.78, 5) is 12.1. The average Bonchev–Trinajstić information content (AvgIpc) is 2.85. The van der Waals surface area contributed by atoms with Gasteiger partial charge >= 0.3 is 0 Å². The van der Waals surface area contributed by atoms with Gasteiger partial charge in [0.15, 0.2) is 16.9 Å². The number of nitrogen functional groups attached to an aromatic ring is 1. The predicted octanol–water partition coefficient (Wildman–Crippen LogP) is 3.62. The molecule has 0 radical (unpaired) electrons. The van der Waals surface area contributed by atoms with Gasteiger partial charge in [0.25, 0.3) is 0 Å². The largest absolute Gasteiger partial charge is 0.481 e. The summed E-state index contributed by atoms with van der Waals surface area (Å²) in [5, 5.41) is 0.160. The second-order valence-electron chi connectivity index (χ2n) is 4.38. The van der Waals surface area contributed by atoms with Crippen molar-refractivity contribution in [3.63, 3.8) is 0 Å². The molecule has 0 atom stereocenters. The van der Waals surface area contributed by atoms with E-state index in [1.165, 1.54) is 12.8 Å². The molecule has 19 heavy (non-hydrogen) atoms. The monoisotopic (exact) mass is 302 g/mol. The van der Waals surface area contributed by atoms with E-state index >= 15 is 0 Å². The van der Waals surface area contributed by atoms with E-state index in [0.717, 1.165) is 12.8 Å². The molecule has 1 aromatic heterocycles. The summed E-state index contributed by atoms with van der Waals surface area (Å²) in [6, 6.07) is 0. The second kappa shape index (κ2) is 6.39. The SMILES string of the molecule is CCO/C(=N\c1c(N)nc(Cl)nc1Cl)C1CCCC1. The molecule has 0 aromatic carbocycles. The predicted molar refractivity (Wildman–Crippen MR) is 77.1 cm³/mol. The Kier molecular flexibility index (Phi) is 4.82. The van der Waals surface area contributed by atoms with E-state index in [1.54, 1.807) is 0 Å². The molecule has 104 valence electrons. The van der Waals surface area contributed by atoms with Gasteiger partial charge in [-0.1, -0.05) is 24.4 Å². The van der Waals surface area contributed by atoms with E-state index in [2.05, 4.69) is 15.0 Å². The van der Waals surface area contributed by atoms with Crippen LogP contribution < -0.4 is 5.73 Å². The van der Waals surface area contributed by atoms with E-state index < -0.39 is 0 Å². The van der Waals surface area contributed by atoms with Crippen molar-refractivity contribution in [2.75, 3.05) is 12.3 Å². The van der Waals surface area contributed by atoms with Crippen LogP contribution in [0.1, 0.15) is 32.6 Å². The molecule has 1 fully saturated rings. The second-order valence-corrected chi connectivity index (χ2v) is 5.08. The van der Waals surface area contributed by atoms with Gasteiger partial charge in [-0.25, -0.2) is 9.98 Å². The van der Waals surface area contributed by atoms with Crippen molar-refractivity contribution in [1.29, 1.82) is 0 Å². The van der Waals surface area contributed by atoms with Gasteiger partial charge in [-0.3, -0.25) is 0 Å². The Hall–Kier alpha value is -1.07. The summed E-state index contributed by atoms with van der Waals surface area (Å²) in [7, 11) is 0. The maximum absolute atomic E-state index is 6.01. The molecule has 5 nitrogen and oxygen atoms in total. The Morgan fingerprint density at radius 2 is 2.05 bits per heavy atom. The standard InChI is InChI=1S/C12H16Cl2N4O/c1-2-19-11(7-5-3-4-6-7)16-8-9(13)17-12(14)18-10(8)15/h7H,2-6H2,1H3,(H2,15,17,18)/b16-11-. The summed E-state index contributed by atoms with van der Waals surface area (Å²) in [6.07, 6.45) is 4.53. The van der Waals surface area contributed by atoms with Crippen molar-refractivity contribution >= 4 is 40.6 Å². The molecule has 2 rings (SSSR count). The smallest absolute Gasteiger partial charge is 0.225 e. The van der Waals surface area contributed by atoms with Gasteiger partial charge < -0.3 is 10.5 Å². The Morgan fingerprint density at radius 1 is 1.37 bits per heavy atom. The molecule has 0 saturated heterocycles. The number of ether oxygens (including phenoxy) is 1. The quantitative estimate of drug-likeness (QED) is 0.400. The summed E-state index contributed by atoms with van der Waals surface area (Å²) in [6.45, 7) is 2.48. The fourth-order valence-electron chi connectivity index (χ4n) is 2.19. The van der Waals surface area contributed by atoms with E-state index in [9.17, 15) is 0 Å². The van der Waals surface area contributed by atoms with Crippen LogP contribution in [0, 0.1) is 5.92 Å². The number of halogens is 2. The number of nitrogens with two attached hydrogens (primary N) is 1. The maximum atomic E-state index is 6.01. The molecule has 1 saturated carbocycles. The normalized spacial score (nSPS) is 16.9. The first kappa shape index (κ1) is 14.3. The molecule has 2 N–H and O–H groups in total. The molecule has 0 amide bonds. The molecular formula is C12H16Cl2N4O. The molecule has 0 unspecified atom stereocenters. The number of nitrogens with zero attached hydrogens (tertiary/aromatic N) is 3. The summed E-state index contributed by atoms with van der Waals surface area (Å²) < 4.78 is 5.62. The number of hydrogen-bond acceptors (Lipinski definition) is 5. The highest BCUT2D eigenvalue weighted by molar-refractivity contribution is 6.34. The number of aromatic nitrogens is 2.